The first kappa shape index (κ1) is 14.5. The summed E-state index contributed by atoms with van der Waals surface area (Å²) in [5, 5.41) is -0.316. The Morgan fingerprint density at radius 1 is 1.28 bits per heavy atom. The maximum Gasteiger partial charge on any atom is 0.410 e. The number of carbonyl (C=O) groups excluding carboxylic acids is 2. The number of methoxy groups -OCH3 is 1. The number of alkyl halides is 4. The van der Waals surface area contributed by atoms with Crippen molar-refractivity contribution in [1.82, 2.24) is 4.90 Å². The molecule has 1 amide bonds. The zero-order valence-electron chi connectivity index (χ0n) is 9.41. The molecule has 0 spiro atoms. The molecule has 2 saturated heterocycles. The standard InChI is InChI=1S/C10H11Cl4NO3/c1-18-9(17)15-4-2-5(7(15)6(11)3-4)8(16)10(12,13)14/h4-7H,2-3H2,1H3. The number of Topliss-reactive ketones (excluding diaryl/α,β-unsaturated/α-hetero) is 1. The van der Waals surface area contributed by atoms with Crippen molar-refractivity contribution < 1.29 is 14.3 Å². The number of halogens is 4. The van der Waals surface area contributed by atoms with E-state index >= 15 is 0 Å². The molecule has 8 heteroatoms. The average Bonchev–Trinajstić information content (AvgIpc) is 2.79. The van der Waals surface area contributed by atoms with Crippen molar-refractivity contribution in [2.24, 2.45) is 5.92 Å². The molecule has 4 unspecified atom stereocenters. The summed E-state index contributed by atoms with van der Waals surface area (Å²) in [5.74, 6) is -1.06. The van der Waals surface area contributed by atoms with Gasteiger partial charge in [0.2, 0.25) is 3.79 Å². The fraction of sp³-hybridized carbons (Fsp3) is 0.800. The number of hydrogen-bond donors (Lipinski definition) is 0. The van der Waals surface area contributed by atoms with Crippen molar-refractivity contribution in [1.29, 1.82) is 0 Å². The van der Waals surface area contributed by atoms with Crippen molar-refractivity contribution in [3.8, 4) is 0 Å². The number of ketones is 1. The van der Waals surface area contributed by atoms with Gasteiger partial charge in [0.25, 0.3) is 0 Å². The molecule has 102 valence electrons. The summed E-state index contributed by atoms with van der Waals surface area (Å²) in [7, 11) is 1.29. The number of amides is 1. The van der Waals surface area contributed by atoms with E-state index in [-0.39, 0.29) is 11.4 Å². The zero-order chi connectivity index (χ0) is 13.7. The van der Waals surface area contributed by atoms with E-state index in [0.29, 0.717) is 12.8 Å². The van der Waals surface area contributed by atoms with Gasteiger partial charge in [0, 0.05) is 12.0 Å². The Kier molecular flexibility index (Phi) is 3.94. The lowest BCUT2D eigenvalue weighted by Crippen LogP contribution is -2.43. The largest absolute Gasteiger partial charge is 0.453 e. The molecule has 4 nitrogen and oxygen atoms in total. The Morgan fingerprint density at radius 2 is 1.89 bits per heavy atom. The smallest absolute Gasteiger partial charge is 0.410 e. The highest BCUT2D eigenvalue weighted by molar-refractivity contribution is 6.76. The molecule has 0 N–H and O–H groups in total. The van der Waals surface area contributed by atoms with Crippen molar-refractivity contribution in [2.45, 2.75) is 34.1 Å². The zero-order valence-corrected chi connectivity index (χ0v) is 12.4. The van der Waals surface area contributed by atoms with Crippen LogP contribution >= 0.6 is 46.4 Å². The second-order valence-electron chi connectivity index (χ2n) is 4.48. The summed E-state index contributed by atoms with van der Waals surface area (Å²) >= 11 is 23.0. The highest BCUT2D eigenvalue weighted by Gasteiger charge is 2.58. The van der Waals surface area contributed by atoms with Crippen LogP contribution < -0.4 is 0 Å². The van der Waals surface area contributed by atoms with Crippen LogP contribution in [-0.2, 0) is 9.53 Å². The van der Waals surface area contributed by atoms with Crippen LogP contribution in [0.4, 0.5) is 4.79 Å². The van der Waals surface area contributed by atoms with E-state index in [9.17, 15) is 9.59 Å². The fourth-order valence-corrected chi connectivity index (χ4v) is 3.79. The van der Waals surface area contributed by atoms with E-state index in [1.807, 2.05) is 0 Å². The van der Waals surface area contributed by atoms with Gasteiger partial charge in [-0.15, -0.1) is 11.6 Å². The number of hydrogen-bond acceptors (Lipinski definition) is 3. The molecule has 0 aliphatic carbocycles. The monoisotopic (exact) mass is 333 g/mol. The molecule has 2 fully saturated rings. The van der Waals surface area contributed by atoms with Gasteiger partial charge in [-0.25, -0.2) is 4.79 Å². The normalized spacial score (nSPS) is 34.8. The number of carbonyl (C=O) groups is 2. The Balaban J connectivity index is 2.23. The van der Waals surface area contributed by atoms with Crippen LogP contribution in [0.15, 0.2) is 0 Å². The second-order valence-corrected chi connectivity index (χ2v) is 7.32. The van der Waals surface area contributed by atoms with E-state index in [2.05, 4.69) is 0 Å². The Morgan fingerprint density at radius 3 is 2.39 bits per heavy atom. The van der Waals surface area contributed by atoms with Crippen LogP contribution in [0.2, 0.25) is 0 Å². The van der Waals surface area contributed by atoms with Gasteiger partial charge in [-0.2, -0.15) is 0 Å². The van der Waals surface area contributed by atoms with Crippen molar-refractivity contribution in [2.75, 3.05) is 7.11 Å². The van der Waals surface area contributed by atoms with Crippen LogP contribution in [0.3, 0.4) is 0 Å². The third kappa shape index (κ3) is 2.28. The molecule has 2 aliphatic heterocycles. The average molecular weight is 335 g/mol. The van der Waals surface area contributed by atoms with E-state index in [1.165, 1.54) is 12.0 Å². The van der Waals surface area contributed by atoms with Gasteiger partial charge >= 0.3 is 6.09 Å². The highest BCUT2D eigenvalue weighted by atomic mass is 35.6. The second kappa shape index (κ2) is 4.89. The maximum atomic E-state index is 12.0. The molecular formula is C10H11Cl4NO3. The molecule has 0 radical (unpaired) electrons. The summed E-state index contributed by atoms with van der Waals surface area (Å²) < 4.78 is 2.72. The first-order valence-electron chi connectivity index (χ1n) is 5.38. The first-order valence-corrected chi connectivity index (χ1v) is 6.95. The third-order valence-electron chi connectivity index (χ3n) is 3.52. The SMILES string of the molecule is COC(=O)N1C2CC(Cl)C1C(C(=O)C(Cl)(Cl)Cl)C2. The number of ether oxygens (including phenoxy) is 1. The lowest BCUT2D eigenvalue weighted by molar-refractivity contribution is -0.122. The molecule has 2 heterocycles. The van der Waals surface area contributed by atoms with Crippen LogP contribution in [0.5, 0.6) is 0 Å². The molecule has 2 bridgehead atoms. The van der Waals surface area contributed by atoms with E-state index in [4.69, 9.17) is 51.1 Å². The number of nitrogens with zero attached hydrogens (tertiary/aromatic N) is 1. The van der Waals surface area contributed by atoms with Crippen molar-refractivity contribution in [3.63, 3.8) is 0 Å². The first-order chi connectivity index (χ1) is 8.27. The van der Waals surface area contributed by atoms with Gasteiger partial charge < -0.3 is 4.74 Å². The maximum absolute atomic E-state index is 12.0. The van der Waals surface area contributed by atoms with Crippen LogP contribution in [0.1, 0.15) is 12.8 Å². The Labute approximate surface area is 124 Å². The summed E-state index contributed by atoms with van der Waals surface area (Å²) in [6.07, 6.45) is 0.605. The highest BCUT2D eigenvalue weighted by Crippen LogP contribution is 2.47. The van der Waals surface area contributed by atoms with Gasteiger partial charge in [0.1, 0.15) is 0 Å². The van der Waals surface area contributed by atoms with E-state index in [1.54, 1.807) is 0 Å². The van der Waals surface area contributed by atoms with Crippen LogP contribution in [0, 0.1) is 5.92 Å². The predicted molar refractivity (Wildman–Crippen MR) is 69.5 cm³/mol. The minimum Gasteiger partial charge on any atom is -0.453 e. The molecule has 0 saturated carbocycles. The topological polar surface area (TPSA) is 46.6 Å². The van der Waals surface area contributed by atoms with E-state index in [0.717, 1.165) is 0 Å². The summed E-state index contributed by atoms with van der Waals surface area (Å²) in [6, 6.07) is -0.571. The van der Waals surface area contributed by atoms with Gasteiger partial charge in [-0.1, -0.05) is 34.8 Å². The summed E-state index contributed by atoms with van der Waals surface area (Å²) in [6.45, 7) is 0. The predicted octanol–water partition coefficient (Wildman–Crippen LogP) is 2.76. The minimum absolute atomic E-state index is 0.119. The summed E-state index contributed by atoms with van der Waals surface area (Å²) in [5.41, 5.74) is 0. The van der Waals surface area contributed by atoms with Gasteiger partial charge in [-0.3, -0.25) is 9.69 Å². The lowest BCUT2D eigenvalue weighted by atomic mass is 9.86. The fourth-order valence-electron chi connectivity index (χ4n) is 2.87. The Hall–Kier alpha value is 0.1000. The van der Waals surface area contributed by atoms with Gasteiger partial charge in [-0.05, 0) is 12.8 Å². The van der Waals surface area contributed by atoms with Gasteiger partial charge in [0.15, 0.2) is 5.78 Å². The lowest BCUT2D eigenvalue weighted by Gasteiger charge is -2.27. The molecule has 2 aliphatic rings. The molecular weight excluding hydrogens is 324 g/mol. The van der Waals surface area contributed by atoms with Crippen LogP contribution in [0.25, 0.3) is 0 Å². The molecule has 2 rings (SSSR count). The molecule has 4 atom stereocenters. The van der Waals surface area contributed by atoms with Gasteiger partial charge in [0.05, 0.1) is 18.5 Å². The molecule has 18 heavy (non-hydrogen) atoms. The quantitative estimate of drug-likeness (QED) is 0.693. The number of fused-ring (bicyclic) bond motifs is 2. The van der Waals surface area contributed by atoms with E-state index < -0.39 is 27.6 Å². The summed E-state index contributed by atoms with van der Waals surface area (Å²) in [4.78, 5) is 25.2. The van der Waals surface area contributed by atoms with Crippen molar-refractivity contribution >= 4 is 58.3 Å². The molecule has 0 aromatic heterocycles. The Bertz CT molecular complexity index is 384. The van der Waals surface area contributed by atoms with Crippen molar-refractivity contribution in [3.05, 3.63) is 0 Å². The number of rotatable bonds is 1. The van der Waals surface area contributed by atoms with Crippen LogP contribution in [-0.4, -0.2) is 45.1 Å². The minimum atomic E-state index is -1.98. The molecule has 0 aromatic rings. The third-order valence-corrected chi connectivity index (χ3v) is 4.52. The molecule has 0 aromatic carbocycles.